The number of hydrogen-bond donors (Lipinski definition) is 1. The second-order valence-electron chi connectivity index (χ2n) is 3.65. The van der Waals surface area contributed by atoms with Crippen molar-refractivity contribution in [1.29, 1.82) is 0 Å². The molecule has 0 aromatic heterocycles. The summed E-state index contributed by atoms with van der Waals surface area (Å²) in [7, 11) is 0. The lowest BCUT2D eigenvalue weighted by molar-refractivity contribution is 0.0971. The fraction of sp³-hybridized carbons (Fsp3) is 0.364. The van der Waals surface area contributed by atoms with Gasteiger partial charge in [-0.1, -0.05) is 15.9 Å². The van der Waals surface area contributed by atoms with Crippen LogP contribution in [0.25, 0.3) is 0 Å². The van der Waals surface area contributed by atoms with E-state index < -0.39 is 0 Å². The van der Waals surface area contributed by atoms with Crippen molar-refractivity contribution in [2.45, 2.75) is 26.2 Å². The predicted octanol–water partition coefficient (Wildman–Crippen LogP) is 2.98. The van der Waals surface area contributed by atoms with Crippen molar-refractivity contribution in [2.75, 3.05) is 0 Å². The Bertz CT molecular complexity index is 410. The average Bonchev–Trinajstić information content (AvgIpc) is 2.14. The molecule has 0 radical (unpaired) electrons. The van der Waals surface area contributed by atoms with Gasteiger partial charge in [0.25, 0.3) is 0 Å². The fourth-order valence-corrected chi connectivity index (χ4v) is 2.73. The van der Waals surface area contributed by atoms with Gasteiger partial charge in [-0.05, 0) is 31.4 Å². The first-order valence-electron chi connectivity index (χ1n) is 4.65. The first-order chi connectivity index (χ1) is 6.61. The maximum absolute atomic E-state index is 11.6. The van der Waals surface area contributed by atoms with E-state index in [9.17, 15) is 9.90 Å². The fourth-order valence-electron chi connectivity index (χ4n) is 1.93. The third-order valence-corrected chi connectivity index (χ3v) is 3.28. The molecular formula is C11H11BrO2. The molecule has 3 heteroatoms. The number of hydrogen-bond acceptors (Lipinski definition) is 2. The summed E-state index contributed by atoms with van der Waals surface area (Å²) in [6.45, 7) is 1.85. The summed E-state index contributed by atoms with van der Waals surface area (Å²) in [6.07, 6.45) is 2.23. The second-order valence-corrected chi connectivity index (χ2v) is 4.51. The van der Waals surface area contributed by atoms with Crippen molar-refractivity contribution in [3.8, 4) is 5.75 Å². The van der Waals surface area contributed by atoms with Crippen LogP contribution in [-0.2, 0) is 6.42 Å². The molecule has 1 aromatic carbocycles. The molecule has 2 rings (SSSR count). The Kier molecular flexibility index (Phi) is 2.35. The molecule has 1 aliphatic carbocycles. The monoisotopic (exact) mass is 254 g/mol. The average molecular weight is 255 g/mol. The molecule has 0 fully saturated rings. The number of aryl methyl sites for hydroxylation is 1. The summed E-state index contributed by atoms with van der Waals surface area (Å²) >= 11 is 3.38. The van der Waals surface area contributed by atoms with Crippen molar-refractivity contribution in [2.24, 2.45) is 0 Å². The molecule has 74 valence electrons. The zero-order valence-corrected chi connectivity index (χ0v) is 9.52. The first kappa shape index (κ1) is 9.71. The molecule has 1 aromatic rings. The number of carbonyl (C=O) groups is 1. The van der Waals surface area contributed by atoms with Gasteiger partial charge in [-0.15, -0.1) is 0 Å². The number of halogens is 1. The molecule has 0 amide bonds. The Morgan fingerprint density at radius 3 is 2.86 bits per heavy atom. The van der Waals surface area contributed by atoms with Crippen molar-refractivity contribution < 1.29 is 9.90 Å². The third-order valence-electron chi connectivity index (χ3n) is 2.65. The molecule has 1 aliphatic rings. The van der Waals surface area contributed by atoms with E-state index in [0.717, 1.165) is 28.4 Å². The van der Waals surface area contributed by atoms with Crippen LogP contribution < -0.4 is 0 Å². The number of Topliss-reactive ketones (excluding diaryl/α,β-unsaturated/α-hetero) is 1. The molecule has 2 nitrogen and oxygen atoms in total. The van der Waals surface area contributed by atoms with E-state index >= 15 is 0 Å². The van der Waals surface area contributed by atoms with Crippen LogP contribution in [0.3, 0.4) is 0 Å². The lowest BCUT2D eigenvalue weighted by Crippen LogP contribution is -2.12. The Balaban J connectivity index is 2.72. The lowest BCUT2D eigenvalue weighted by atomic mass is 9.88. The highest BCUT2D eigenvalue weighted by Crippen LogP contribution is 2.36. The quantitative estimate of drug-likeness (QED) is 0.773. The molecule has 0 atom stereocenters. The second kappa shape index (κ2) is 3.39. The summed E-state index contributed by atoms with van der Waals surface area (Å²) in [5.41, 5.74) is 2.32. The molecule has 0 saturated carbocycles. The Morgan fingerprint density at radius 1 is 1.43 bits per heavy atom. The van der Waals surface area contributed by atoms with Gasteiger partial charge in [-0.25, -0.2) is 0 Å². The van der Waals surface area contributed by atoms with Crippen LogP contribution in [0.4, 0.5) is 0 Å². The summed E-state index contributed by atoms with van der Waals surface area (Å²) in [5, 5.41) is 9.81. The van der Waals surface area contributed by atoms with Gasteiger partial charge in [0.05, 0.1) is 0 Å². The summed E-state index contributed by atoms with van der Waals surface area (Å²) in [4.78, 5) is 11.6. The van der Waals surface area contributed by atoms with Gasteiger partial charge >= 0.3 is 0 Å². The predicted molar refractivity (Wildman–Crippen MR) is 57.8 cm³/mol. The van der Waals surface area contributed by atoms with Crippen LogP contribution in [0.15, 0.2) is 10.5 Å². The Morgan fingerprint density at radius 2 is 2.14 bits per heavy atom. The van der Waals surface area contributed by atoms with E-state index in [2.05, 4.69) is 15.9 Å². The Hall–Kier alpha value is -0.830. The van der Waals surface area contributed by atoms with E-state index in [1.165, 1.54) is 0 Å². The van der Waals surface area contributed by atoms with Crippen LogP contribution in [0.1, 0.15) is 34.3 Å². The first-order valence-corrected chi connectivity index (χ1v) is 5.44. The zero-order chi connectivity index (χ0) is 10.3. The number of carbonyl (C=O) groups excluding carboxylic acids is 1. The van der Waals surface area contributed by atoms with Crippen LogP contribution in [0, 0.1) is 6.92 Å². The van der Waals surface area contributed by atoms with Gasteiger partial charge in [0.2, 0.25) is 0 Å². The topological polar surface area (TPSA) is 37.3 Å². The zero-order valence-electron chi connectivity index (χ0n) is 7.93. The van der Waals surface area contributed by atoms with Gasteiger partial charge < -0.3 is 5.11 Å². The maximum Gasteiger partial charge on any atom is 0.164 e. The van der Waals surface area contributed by atoms with E-state index in [4.69, 9.17) is 0 Å². The lowest BCUT2D eigenvalue weighted by Gasteiger charge is -2.18. The van der Waals surface area contributed by atoms with Gasteiger partial charge in [0, 0.05) is 22.0 Å². The van der Waals surface area contributed by atoms with Crippen molar-refractivity contribution in [3.63, 3.8) is 0 Å². The van der Waals surface area contributed by atoms with Crippen molar-refractivity contribution in [1.82, 2.24) is 0 Å². The highest BCUT2D eigenvalue weighted by atomic mass is 79.9. The molecule has 0 spiro atoms. The van der Waals surface area contributed by atoms with Gasteiger partial charge in [-0.2, -0.15) is 0 Å². The number of benzene rings is 1. The minimum atomic E-state index is 0.133. The summed E-state index contributed by atoms with van der Waals surface area (Å²) < 4.78 is 0.813. The summed E-state index contributed by atoms with van der Waals surface area (Å²) in [5.74, 6) is 0.421. The molecule has 1 N–H and O–H groups in total. The third kappa shape index (κ3) is 1.36. The Labute approximate surface area is 91.1 Å². The van der Waals surface area contributed by atoms with Crippen molar-refractivity contribution >= 4 is 21.7 Å². The highest BCUT2D eigenvalue weighted by molar-refractivity contribution is 9.10. The highest BCUT2D eigenvalue weighted by Gasteiger charge is 2.23. The molecule has 0 saturated heterocycles. The minimum absolute atomic E-state index is 0.133. The molecule has 0 unspecified atom stereocenters. The molecule has 14 heavy (non-hydrogen) atoms. The number of ketones is 1. The van der Waals surface area contributed by atoms with E-state index in [1.807, 2.05) is 6.92 Å². The van der Waals surface area contributed by atoms with E-state index in [-0.39, 0.29) is 11.5 Å². The number of phenolic OH excluding ortho intramolecular Hbond substituents is 1. The maximum atomic E-state index is 11.6. The molecule has 0 bridgehead atoms. The van der Waals surface area contributed by atoms with Gasteiger partial charge in [0.15, 0.2) is 5.78 Å². The van der Waals surface area contributed by atoms with Gasteiger partial charge in [-0.3, -0.25) is 4.79 Å². The molecule has 0 heterocycles. The van der Waals surface area contributed by atoms with E-state index in [1.54, 1.807) is 6.07 Å². The molecule has 0 aliphatic heterocycles. The number of aromatic hydroxyl groups is 1. The normalized spacial score (nSPS) is 15.4. The number of fused-ring (bicyclic) bond motifs is 1. The van der Waals surface area contributed by atoms with Crippen molar-refractivity contribution in [3.05, 3.63) is 27.2 Å². The van der Waals surface area contributed by atoms with Crippen LogP contribution in [-0.4, -0.2) is 10.9 Å². The summed E-state index contributed by atoms with van der Waals surface area (Å²) in [6, 6.07) is 1.80. The smallest absolute Gasteiger partial charge is 0.164 e. The minimum Gasteiger partial charge on any atom is -0.507 e. The largest absolute Gasteiger partial charge is 0.507 e. The van der Waals surface area contributed by atoms with E-state index in [0.29, 0.717) is 12.0 Å². The molecular weight excluding hydrogens is 244 g/mol. The number of rotatable bonds is 0. The SMILES string of the molecule is Cc1cc(Br)c2c(c1O)CCCC2=O. The van der Waals surface area contributed by atoms with Crippen LogP contribution in [0.5, 0.6) is 5.75 Å². The van der Waals surface area contributed by atoms with Crippen LogP contribution in [0.2, 0.25) is 0 Å². The standard InChI is InChI=1S/C11H11BrO2/c1-6-5-8(12)10-7(11(6)14)3-2-4-9(10)13/h5,14H,2-4H2,1H3. The van der Waals surface area contributed by atoms with Crippen LogP contribution >= 0.6 is 15.9 Å². The number of phenols is 1. The van der Waals surface area contributed by atoms with Gasteiger partial charge in [0.1, 0.15) is 5.75 Å².